The van der Waals surface area contributed by atoms with Crippen LogP contribution in [0.25, 0.3) is 0 Å². The molecule has 0 aliphatic rings. The summed E-state index contributed by atoms with van der Waals surface area (Å²) in [5.41, 5.74) is 1.61. The van der Waals surface area contributed by atoms with Crippen molar-refractivity contribution in [2.45, 2.75) is 66.3 Å². The molecule has 3 nitrogen and oxygen atoms in total. The van der Waals surface area contributed by atoms with Crippen molar-refractivity contribution in [2.24, 2.45) is 18.4 Å². The Balaban J connectivity index is 2.54. The van der Waals surface area contributed by atoms with Gasteiger partial charge in [0.05, 0.1) is 5.69 Å². The number of aryl methyl sites for hydroxylation is 1. The van der Waals surface area contributed by atoms with E-state index in [1.165, 1.54) is 25.0 Å². The molecule has 0 saturated heterocycles. The fourth-order valence-corrected chi connectivity index (χ4v) is 3.03. The summed E-state index contributed by atoms with van der Waals surface area (Å²) in [7, 11) is 1.99. The Kier molecular flexibility index (Phi) is 6.74. The molecule has 3 heteroatoms. The van der Waals surface area contributed by atoms with Gasteiger partial charge in [0.25, 0.3) is 0 Å². The van der Waals surface area contributed by atoms with E-state index in [-0.39, 0.29) is 0 Å². The van der Waals surface area contributed by atoms with Crippen LogP contribution in [-0.2, 0) is 13.5 Å². The van der Waals surface area contributed by atoms with E-state index >= 15 is 0 Å². The van der Waals surface area contributed by atoms with Gasteiger partial charge in [-0.1, -0.05) is 34.6 Å². The minimum absolute atomic E-state index is 0.416. The summed E-state index contributed by atoms with van der Waals surface area (Å²) in [6, 6.07) is 2.68. The molecule has 2 unspecified atom stereocenters. The van der Waals surface area contributed by atoms with Gasteiger partial charge in [0.15, 0.2) is 0 Å². The normalized spacial score (nSPS) is 15.3. The van der Waals surface area contributed by atoms with Crippen LogP contribution in [0.5, 0.6) is 0 Å². The van der Waals surface area contributed by atoms with Crippen LogP contribution in [0.1, 0.15) is 59.6 Å². The Morgan fingerprint density at radius 1 is 1.35 bits per heavy atom. The Morgan fingerprint density at radius 2 is 2.05 bits per heavy atom. The van der Waals surface area contributed by atoms with Gasteiger partial charge in [-0.15, -0.1) is 0 Å². The lowest BCUT2D eigenvalue weighted by Gasteiger charge is -2.27. The standard InChI is InChI=1S/C17H33N3/c1-7-9-18-16(11-14(2)13-17(3,4)5)12-15-8-10-20(6)19-15/h8,10,14,16,18H,7,9,11-13H2,1-6H3. The molecule has 1 aromatic rings. The van der Waals surface area contributed by atoms with Crippen LogP contribution in [-0.4, -0.2) is 22.4 Å². The van der Waals surface area contributed by atoms with Gasteiger partial charge >= 0.3 is 0 Å². The zero-order valence-corrected chi connectivity index (χ0v) is 14.2. The van der Waals surface area contributed by atoms with Crippen molar-refractivity contribution < 1.29 is 0 Å². The van der Waals surface area contributed by atoms with Crippen molar-refractivity contribution in [3.05, 3.63) is 18.0 Å². The zero-order valence-electron chi connectivity index (χ0n) is 14.2. The second-order valence-corrected chi connectivity index (χ2v) is 7.44. The van der Waals surface area contributed by atoms with E-state index in [1.807, 2.05) is 17.9 Å². The first-order valence-corrected chi connectivity index (χ1v) is 8.02. The molecule has 20 heavy (non-hydrogen) atoms. The summed E-state index contributed by atoms with van der Waals surface area (Å²) < 4.78 is 1.89. The molecular weight excluding hydrogens is 246 g/mol. The highest BCUT2D eigenvalue weighted by atomic mass is 15.2. The third-order valence-electron chi connectivity index (χ3n) is 3.56. The van der Waals surface area contributed by atoms with Gasteiger partial charge in [-0.3, -0.25) is 4.68 Å². The largest absolute Gasteiger partial charge is 0.314 e. The van der Waals surface area contributed by atoms with E-state index in [9.17, 15) is 0 Å². The van der Waals surface area contributed by atoms with E-state index in [1.54, 1.807) is 0 Å². The fourth-order valence-electron chi connectivity index (χ4n) is 3.03. The van der Waals surface area contributed by atoms with Gasteiger partial charge in [-0.25, -0.2) is 0 Å². The SMILES string of the molecule is CCCNC(Cc1ccn(C)n1)CC(C)CC(C)(C)C. The average Bonchev–Trinajstić information content (AvgIpc) is 2.69. The van der Waals surface area contributed by atoms with Crippen LogP contribution < -0.4 is 5.32 Å². The first kappa shape index (κ1) is 17.2. The molecule has 0 aromatic carbocycles. The predicted octanol–water partition coefficient (Wildman–Crippen LogP) is 3.79. The maximum absolute atomic E-state index is 4.52. The molecule has 1 heterocycles. The molecule has 0 fully saturated rings. The molecule has 1 rings (SSSR count). The molecule has 0 radical (unpaired) electrons. The van der Waals surface area contributed by atoms with E-state index in [4.69, 9.17) is 0 Å². The van der Waals surface area contributed by atoms with Crippen molar-refractivity contribution in [2.75, 3.05) is 6.54 Å². The summed E-state index contributed by atoms with van der Waals surface area (Å²) in [5, 5.41) is 8.21. The monoisotopic (exact) mass is 279 g/mol. The van der Waals surface area contributed by atoms with Gasteiger partial charge in [0.2, 0.25) is 0 Å². The number of rotatable bonds is 8. The second-order valence-electron chi connectivity index (χ2n) is 7.44. The summed E-state index contributed by atoms with van der Waals surface area (Å²) in [6.45, 7) is 12.7. The first-order chi connectivity index (χ1) is 9.30. The van der Waals surface area contributed by atoms with Crippen molar-refractivity contribution in [1.29, 1.82) is 0 Å². The van der Waals surface area contributed by atoms with Crippen LogP contribution >= 0.6 is 0 Å². The third-order valence-corrected chi connectivity index (χ3v) is 3.56. The van der Waals surface area contributed by atoms with Gasteiger partial charge in [-0.2, -0.15) is 5.10 Å². The highest BCUT2D eigenvalue weighted by molar-refractivity contribution is 5.01. The number of hydrogen-bond acceptors (Lipinski definition) is 2. The van der Waals surface area contributed by atoms with Gasteiger partial charge in [0.1, 0.15) is 0 Å². The number of hydrogen-bond donors (Lipinski definition) is 1. The molecule has 0 spiro atoms. The summed E-state index contributed by atoms with van der Waals surface area (Å²) in [4.78, 5) is 0. The molecule has 0 amide bonds. The zero-order chi connectivity index (χ0) is 15.2. The molecule has 1 N–H and O–H groups in total. The van der Waals surface area contributed by atoms with Crippen LogP contribution in [0.15, 0.2) is 12.3 Å². The predicted molar refractivity (Wildman–Crippen MR) is 86.8 cm³/mol. The van der Waals surface area contributed by atoms with E-state index in [2.05, 4.69) is 51.1 Å². The van der Waals surface area contributed by atoms with Crippen LogP contribution in [0.3, 0.4) is 0 Å². The summed E-state index contributed by atoms with van der Waals surface area (Å²) in [6.07, 6.45) is 6.76. The number of nitrogens with zero attached hydrogens (tertiary/aromatic N) is 2. The fraction of sp³-hybridized carbons (Fsp3) is 0.824. The molecule has 1 aromatic heterocycles. The minimum atomic E-state index is 0.416. The highest BCUT2D eigenvalue weighted by Gasteiger charge is 2.19. The van der Waals surface area contributed by atoms with Crippen LogP contribution in [0.2, 0.25) is 0 Å². The molecular formula is C17H33N3. The summed E-state index contributed by atoms with van der Waals surface area (Å²) in [5.74, 6) is 0.744. The Morgan fingerprint density at radius 3 is 2.55 bits per heavy atom. The Labute approximate surface area is 125 Å². The molecule has 0 aliphatic heterocycles. The van der Waals surface area contributed by atoms with Crippen LogP contribution in [0, 0.1) is 11.3 Å². The maximum atomic E-state index is 4.52. The highest BCUT2D eigenvalue weighted by Crippen LogP contribution is 2.27. The Hall–Kier alpha value is -0.830. The number of aromatic nitrogens is 2. The van der Waals surface area contributed by atoms with E-state index < -0.39 is 0 Å². The Bertz CT molecular complexity index is 376. The molecule has 2 atom stereocenters. The second kappa shape index (κ2) is 7.82. The smallest absolute Gasteiger partial charge is 0.0640 e. The topological polar surface area (TPSA) is 29.9 Å². The van der Waals surface area contributed by atoms with Crippen molar-refractivity contribution in [3.8, 4) is 0 Å². The number of nitrogens with one attached hydrogen (secondary N) is 1. The van der Waals surface area contributed by atoms with Gasteiger partial charge < -0.3 is 5.32 Å². The van der Waals surface area contributed by atoms with E-state index in [0.717, 1.165) is 18.9 Å². The minimum Gasteiger partial charge on any atom is -0.314 e. The van der Waals surface area contributed by atoms with E-state index in [0.29, 0.717) is 11.5 Å². The van der Waals surface area contributed by atoms with Gasteiger partial charge in [0, 0.05) is 25.7 Å². The molecule has 116 valence electrons. The lowest BCUT2D eigenvalue weighted by Crippen LogP contribution is -2.34. The average molecular weight is 279 g/mol. The van der Waals surface area contributed by atoms with Crippen molar-refractivity contribution in [3.63, 3.8) is 0 Å². The lowest BCUT2D eigenvalue weighted by atomic mass is 9.82. The van der Waals surface area contributed by atoms with Crippen molar-refractivity contribution in [1.82, 2.24) is 15.1 Å². The van der Waals surface area contributed by atoms with Gasteiger partial charge in [-0.05, 0) is 43.2 Å². The lowest BCUT2D eigenvalue weighted by molar-refractivity contribution is 0.273. The molecule has 0 saturated carbocycles. The quantitative estimate of drug-likeness (QED) is 0.784. The molecule has 0 bridgehead atoms. The summed E-state index contributed by atoms with van der Waals surface area (Å²) >= 11 is 0. The first-order valence-electron chi connectivity index (χ1n) is 8.02. The maximum Gasteiger partial charge on any atom is 0.0640 e. The molecule has 0 aliphatic carbocycles. The van der Waals surface area contributed by atoms with Crippen molar-refractivity contribution >= 4 is 0 Å². The third kappa shape index (κ3) is 7.09. The van der Waals surface area contributed by atoms with Crippen LogP contribution in [0.4, 0.5) is 0 Å².